The first-order valence-corrected chi connectivity index (χ1v) is 6.11. The Morgan fingerprint density at radius 3 is 2.39 bits per heavy atom. The van der Waals surface area contributed by atoms with Crippen molar-refractivity contribution in [3.63, 3.8) is 0 Å². The molecule has 1 amide bonds. The summed E-state index contributed by atoms with van der Waals surface area (Å²) >= 11 is 0. The number of nitrogens with one attached hydrogen (secondary N) is 1. The van der Waals surface area contributed by atoms with Gasteiger partial charge in [-0.3, -0.25) is 4.79 Å². The third-order valence-electron chi connectivity index (χ3n) is 2.99. The van der Waals surface area contributed by atoms with Crippen molar-refractivity contribution < 1.29 is 9.53 Å². The van der Waals surface area contributed by atoms with Crippen molar-refractivity contribution in [1.29, 1.82) is 0 Å². The minimum atomic E-state index is -0.148. The predicted octanol–water partition coefficient (Wildman–Crippen LogP) is 1.52. The third-order valence-corrected chi connectivity index (χ3v) is 2.99. The lowest BCUT2D eigenvalue weighted by Gasteiger charge is -2.13. The van der Waals surface area contributed by atoms with Crippen molar-refractivity contribution in [3.05, 3.63) is 28.8 Å². The van der Waals surface area contributed by atoms with Gasteiger partial charge in [-0.2, -0.15) is 0 Å². The zero-order valence-corrected chi connectivity index (χ0v) is 11.5. The zero-order valence-electron chi connectivity index (χ0n) is 11.5. The van der Waals surface area contributed by atoms with Gasteiger partial charge in [-0.15, -0.1) is 0 Å². The third kappa shape index (κ3) is 3.47. The van der Waals surface area contributed by atoms with Gasteiger partial charge in [0.25, 0.3) is 0 Å². The summed E-state index contributed by atoms with van der Waals surface area (Å²) in [6.45, 7) is 6.71. The Balaban J connectivity index is 2.72. The molecule has 3 N–H and O–H groups in total. The molecule has 0 saturated carbocycles. The smallest absolute Gasteiger partial charge is 0.224 e. The van der Waals surface area contributed by atoms with Crippen molar-refractivity contribution in [2.24, 2.45) is 11.7 Å². The summed E-state index contributed by atoms with van der Waals surface area (Å²) in [5.74, 6) is 0.745. The van der Waals surface area contributed by atoms with E-state index in [1.165, 1.54) is 0 Å². The average Bonchev–Trinajstić information content (AvgIpc) is 2.34. The summed E-state index contributed by atoms with van der Waals surface area (Å²) in [5.41, 5.74) is 8.68. The van der Waals surface area contributed by atoms with Crippen LogP contribution >= 0.6 is 0 Å². The molecule has 0 aromatic heterocycles. The van der Waals surface area contributed by atoms with Gasteiger partial charge in [-0.1, -0.05) is 19.1 Å². The van der Waals surface area contributed by atoms with Crippen LogP contribution in [-0.4, -0.2) is 19.6 Å². The number of rotatable bonds is 5. The summed E-state index contributed by atoms with van der Waals surface area (Å²) < 4.78 is 5.31. The topological polar surface area (TPSA) is 64.3 Å². The first-order valence-electron chi connectivity index (χ1n) is 6.11. The predicted molar refractivity (Wildman–Crippen MR) is 72.5 cm³/mol. The fourth-order valence-corrected chi connectivity index (χ4v) is 1.93. The van der Waals surface area contributed by atoms with Crippen LogP contribution in [0.4, 0.5) is 0 Å². The van der Waals surface area contributed by atoms with Crippen LogP contribution in [0.1, 0.15) is 23.6 Å². The van der Waals surface area contributed by atoms with Gasteiger partial charge in [-0.25, -0.2) is 0 Å². The molecule has 1 unspecified atom stereocenters. The summed E-state index contributed by atoms with van der Waals surface area (Å²) in [7, 11) is 1.67. The molecule has 0 aliphatic heterocycles. The van der Waals surface area contributed by atoms with Crippen molar-refractivity contribution >= 4 is 5.91 Å². The molecule has 4 nitrogen and oxygen atoms in total. The van der Waals surface area contributed by atoms with Crippen molar-refractivity contribution in [2.75, 3.05) is 13.7 Å². The van der Waals surface area contributed by atoms with E-state index < -0.39 is 0 Å². The molecular formula is C14H22N2O2. The Kier molecular flexibility index (Phi) is 5.16. The van der Waals surface area contributed by atoms with E-state index in [2.05, 4.69) is 5.32 Å². The summed E-state index contributed by atoms with van der Waals surface area (Å²) in [5, 5.41) is 2.88. The fourth-order valence-electron chi connectivity index (χ4n) is 1.93. The quantitative estimate of drug-likeness (QED) is 0.833. The molecular weight excluding hydrogens is 228 g/mol. The van der Waals surface area contributed by atoms with E-state index in [-0.39, 0.29) is 11.8 Å². The lowest BCUT2D eigenvalue weighted by Crippen LogP contribution is -2.32. The largest absolute Gasteiger partial charge is 0.496 e. The number of hydrogen-bond donors (Lipinski definition) is 2. The molecule has 0 spiro atoms. The number of amides is 1. The van der Waals surface area contributed by atoms with Crippen LogP contribution in [0.15, 0.2) is 12.1 Å². The Morgan fingerprint density at radius 2 is 1.94 bits per heavy atom. The number of aryl methyl sites for hydroxylation is 2. The number of carbonyl (C=O) groups excluding carboxylic acids is 1. The molecule has 0 radical (unpaired) electrons. The molecule has 18 heavy (non-hydrogen) atoms. The first-order chi connectivity index (χ1) is 8.49. The van der Waals surface area contributed by atoms with Gasteiger partial charge in [-0.05, 0) is 30.5 Å². The molecule has 0 fully saturated rings. The monoisotopic (exact) mass is 250 g/mol. The molecule has 1 rings (SSSR count). The van der Waals surface area contributed by atoms with E-state index in [9.17, 15) is 4.79 Å². The van der Waals surface area contributed by atoms with Crippen LogP contribution in [0.2, 0.25) is 0 Å². The fraction of sp³-hybridized carbons (Fsp3) is 0.500. The van der Waals surface area contributed by atoms with E-state index >= 15 is 0 Å². The minimum absolute atomic E-state index is 0.0105. The van der Waals surface area contributed by atoms with E-state index in [1.54, 1.807) is 7.11 Å². The summed E-state index contributed by atoms with van der Waals surface area (Å²) in [6.07, 6.45) is 0. The van der Waals surface area contributed by atoms with Gasteiger partial charge in [0.15, 0.2) is 0 Å². The minimum Gasteiger partial charge on any atom is -0.496 e. The van der Waals surface area contributed by atoms with Gasteiger partial charge in [0.05, 0.1) is 7.11 Å². The molecule has 1 aromatic carbocycles. The van der Waals surface area contributed by atoms with E-state index in [4.69, 9.17) is 10.5 Å². The Bertz CT molecular complexity index is 407. The molecule has 0 bridgehead atoms. The maximum absolute atomic E-state index is 11.6. The molecule has 4 heteroatoms. The molecule has 100 valence electrons. The highest BCUT2D eigenvalue weighted by atomic mass is 16.5. The molecule has 0 aliphatic rings. The van der Waals surface area contributed by atoms with Crippen LogP contribution < -0.4 is 15.8 Å². The Hall–Kier alpha value is -1.55. The van der Waals surface area contributed by atoms with Crippen LogP contribution in [0.25, 0.3) is 0 Å². The summed E-state index contributed by atoms with van der Waals surface area (Å²) in [4.78, 5) is 11.6. The van der Waals surface area contributed by atoms with Gasteiger partial charge in [0, 0.05) is 19.0 Å². The lowest BCUT2D eigenvalue weighted by molar-refractivity contribution is -0.124. The summed E-state index contributed by atoms with van der Waals surface area (Å²) in [6, 6.07) is 4.05. The van der Waals surface area contributed by atoms with Crippen molar-refractivity contribution in [3.8, 4) is 5.75 Å². The van der Waals surface area contributed by atoms with Gasteiger partial charge in [0.1, 0.15) is 5.75 Å². The standard InChI is InChI=1S/C14H22N2O2/c1-9-5-12(6-10(2)13(9)18-4)8-16-14(17)11(3)7-15/h5-6,11H,7-8,15H2,1-4H3,(H,16,17). The van der Waals surface area contributed by atoms with Crippen molar-refractivity contribution in [2.45, 2.75) is 27.3 Å². The highest BCUT2D eigenvalue weighted by molar-refractivity contribution is 5.78. The number of ether oxygens (including phenoxy) is 1. The second kappa shape index (κ2) is 6.40. The van der Waals surface area contributed by atoms with Crippen LogP contribution in [-0.2, 0) is 11.3 Å². The highest BCUT2D eigenvalue weighted by Crippen LogP contribution is 2.24. The number of hydrogen-bond acceptors (Lipinski definition) is 3. The number of carbonyl (C=O) groups is 1. The maximum Gasteiger partial charge on any atom is 0.224 e. The van der Waals surface area contributed by atoms with Gasteiger partial charge < -0.3 is 15.8 Å². The van der Waals surface area contributed by atoms with E-state index in [0.29, 0.717) is 13.1 Å². The molecule has 0 heterocycles. The average molecular weight is 250 g/mol. The van der Waals surface area contributed by atoms with E-state index in [1.807, 2.05) is 32.9 Å². The SMILES string of the molecule is COc1c(C)cc(CNC(=O)C(C)CN)cc1C. The molecule has 0 aliphatic carbocycles. The van der Waals surface area contributed by atoms with Crippen LogP contribution in [0.5, 0.6) is 5.75 Å². The number of nitrogens with two attached hydrogens (primary N) is 1. The second-order valence-electron chi connectivity index (χ2n) is 4.62. The Morgan fingerprint density at radius 1 is 1.39 bits per heavy atom. The van der Waals surface area contributed by atoms with Gasteiger partial charge in [0.2, 0.25) is 5.91 Å². The van der Waals surface area contributed by atoms with Crippen LogP contribution in [0.3, 0.4) is 0 Å². The highest BCUT2D eigenvalue weighted by Gasteiger charge is 2.11. The molecule has 0 saturated heterocycles. The van der Waals surface area contributed by atoms with E-state index in [0.717, 1.165) is 22.4 Å². The normalized spacial score (nSPS) is 12.1. The first kappa shape index (κ1) is 14.5. The Labute approximate surface area is 109 Å². The van der Waals surface area contributed by atoms with Gasteiger partial charge >= 0.3 is 0 Å². The van der Waals surface area contributed by atoms with Crippen molar-refractivity contribution in [1.82, 2.24) is 5.32 Å². The second-order valence-corrected chi connectivity index (χ2v) is 4.62. The number of methoxy groups -OCH3 is 1. The zero-order chi connectivity index (χ0) is 13.7. The molecule has 1 atom stereocenters. The molecule has 1 aromatic rings. The number of benzene rings is 1. The van der Waals surface area contributed by atoms with Crippen LogP contribution in [0, 0.1) is 19.8 Å². The lowest BCUT2D eigenvalue weighted by atomic mass is 10.1. The maximum atomic E-state index is 11.6.